The second-order valence-electron chi connectivity index (χ2n) is 10.0. The molecule has 0 amide bonds. The summed E-state index contributed by atoms with van der Waals surface area (Å²) in [6.07, 6.45) is 8.97. The van der Waals surface area contributed by atoms with E-state index < -0.39 is 17.0 Å². The van der Waals surface area contributed by atoms with Crippen LogP contribution in [-0.4, -0.2) is 21.8 Å². The van der Waals surface area contributed by atoms with E-state index in [1.807, 2.05) is 6.92 Å². The molecule has 0 aromatic heterocycles. The van der Waals surface area contributed by atoms with E-state index in [1.54, 1.807) is 0 Å². The van der Waals surface area contributed by atoms with E-state index in [0.29, 0.717) is 5.92 Å². The summed E-state index contributed by atoms with van der Waals surface area (Å²) < 4.78 is 0. The van der Waals surface area contributed by atoms with Crippen LogP contribution in [0.5, 0.6) is 0 Å². The molecule has 4 aliphatic rings. The first kappa shape index (κ1) is 17.6. The summed E-state index contributed by atoms with van der Waals surface area (Å²) in [6, 6.07) is 0. The minimum Gasteiger partial charge on any atom is -0.481 e. The van der Waals surface area contributed by atoms with Crippen LogP contribution in [0.3, 0.4) is 0 Å². The van der Waals surface area contributed by atoms with E-state index in [4.69, 9.17) is 0 Å². The smallest absolute Gasteiger partial charge is 0.309 e. The second-order valence-corrected chi connectivity index (χ2v) is 10.0. The summed E-state index contributed by atoms with van der Waals surface area (Å²) in [7, 11) is 0. The lowest BCUT2D eigenvalue weighted by Gasteiger charge is -2.66. The Hall–Kier alpha value is -0.830. The largest absolute Gasteiger partial charge is 0.481 e. The lowest BCUT2D eigenvalue weighted by molar-refractivity contribution is -0.205. The third-order valence-electron chi connectivity index (χ3n) is 9.78. The monoisotopic (exact) mass is 346 g/mol. The molecule has 7 atom stereocenters. The van der Waals surface area contributed by atoms with Gasteiger partial charge in [-0.1, -0.05) is 26.8 Å². The quantitative estimate of drug-likeness (QED) is 0.707. The van der Waals surface area contributed by atoms with Crippen molar-refractivity contribution in [2.24, 2.45) is 34.0 Å². The Balaban J connectivity index is 1.82. The van der Waals surface area contributed by atoms with Crippen molar-refractivity contribution in [1.82, 2.24) is 0 Å². The molecule has 0 radical (unpaired) electrons. The molecular weight excluding hydrogens is 312 g/mol. The van der Waals surface area contributed by atoms with E-state index in [9.17, 15) is 15.0 Å². The fraction of sp³-hybridized carbons (Fsp3) is 0.864. The summed E-state index contributed by atoms with van der Waals surface area (Å²) in [5, 5.41) is 21.3. The van der Waals surface area contributed by atoms with Gasteiger partial charge in [0.1, 0.15) is 0 Å². The number of fused-ring (bicyclic) bond motifs is 3. The molecule has 1 spiro atoms. The Morgan fingerprint density at radius 2 is 1.88 bits per heavy atom. The van der Waals surface area contributed by atoms with Gasteiger partial charge < -0.3 is 10.2 Å². The third-order valence-corrected chi connectivity index (χ3v) is 9.78. The molecule has 4 aliphatic carbocycles. The van der Waals surface area contributed by atoms with Crippen LogP contribution in [0, 0.1) is 34.0 Å². The topological polar surface area (TPSA) is 57.5 Å². The third kappa shape index (κ3) is 1.84. The first-order valence-corrected chi connectivity index (χ1v) is 10.3. The Morgan fingerprint density at radius 3 is 2.52 bits per heavy atom. The molecule has 140 valence electrons. The molecule has 2 N–H and O–H groups in total. The van der Waals surface area contributed by atoms with Crippen molar-refractivity contribution < 1.29 is 15.0 Å². The van der Waals surface area contributed by atoms with Crippen molar-refractivity contribution in [3.63, 3.8) is 0 Å². The summed E-state index contributed by atoms with van der Waals surface area (Å²) in [4.78, 5) is 12.2. The van der Waals surface area contributed by atoms with Gasteiger partial charge in [0.05, 0.1) is 11.0 Å². The average molecular weight is 347 g/mol. The number of aliphatic carboxylic acids is 1. The molecule has 2 bridgehead atoms. The molecule has 0 aliphatic heterocycles. The van der Waals surface area contributed by atoms with Crippen LogP contribution in [0.15, 0.2) is 12.2 Å². The number of rotatable bonds is 2. The van der Waals surface area contributed by atoms with Crippen molar-refractivity contribution in [2.45, 2.75) is 84.2 Å². The Bertz CT molecular complexity index is 627. The average Bonchev–Trinajstić information content (AvgIpc) is 2.69. The molecular formula is C22H34O3. The van der Waals surface area contributed by atoms with E-state index in [2.05, 4.69) is 20.4 Å². The van der Waals surface area contributed by atoms with E-state index in [1.165, 1.54) is 6.42 Å². The molecule has 3 heteroatoms. The summed E-state index contributed by atoms with van der Waals surface area (Å²) in [6.45, 7) is 10.8. The van der Waals surface area contributed by atoms with Crippen LogP contribution in [0.1, 0.15) is 78.6 Å². The highest BCUT2D eigenvalue weighted by Gasteiger charge is 2.70. The van der Waals surface area contributed by atoms with Crippen LogP contribution in [0.2, 0.25) is 0 Å². The number of hydrogen-bond donors (Lipinski definition) is 2. The van der Waals surface area contributed by atoms with Crippen LogP contribution in [0.4, 0.5) is 0 Å². The second kappa shape index (κ2) is 5.12. The number of aliphatic hydroxyl groups is 1. The Kier molecular flexibility index (Phi) is 3.60. The zero-order chi connectivity index (χ0) is 18.3. The normalized spacial score (nSPS) is 54.7. The summed E-state index contributed by atoms with van der Waals surface area (Å²) in [5.41, 5.74) is 0.0620. The van der Waals surface area contributed by atoms with E-state index in [-0.39, 0.29) is 22.7 Å². The van der Waals surface area contributed by atoms with Gasteiger partial charge in [-0.05, 0) is 92.4 Å². The molecule has 0 heterocycles. The minimum absolute atomic E-state index is 0.129. The van der Waals surface area contributed by atoms with Crippen molar-refractivity contribution in [3.05, 3.63) is 12.2 Å². The lowest BCUT2D eigenvalue weighted by atomic mass is 9.38. The van der Waals surface area contributed by atoms with Crippen LogP contribution in [0.25, 0.3) is 0 Å². The van der Waals surface area contributed by atoms with Crippen LogP contribution in [-0.2, 0) is 4.79 Å². The Labute approximate surface area is 151 Å². The van der Waals surface area contributed by atoms with Gasteiger partial charge in [0.25, 0.3) is 0 Å². The van der Waals surface area contributed by atoms with E-state index >= 15 is 0 Å². The minimum atomic E-state index is -0.678. The SMILES string of the molecule is C=C1CC23CCC4C(C)(C(=O)O)CCCC4(CC)C2CCC1(O)C3C. The summed E-state index contributed by atoms with van der Waals surface area (Å²) in [5.74, 6) is 0.479. The zero-order valence-electron chi connectivity index (χ0n) is 16.1. The van der Waals surface area contributed by atoms with E-state index in [0.717, 1.165) is 56.9 Å². The molecule has 4 saturated carbocycles. The van der Waals surface area contributed by atoms with Crippen LogP contribution >= 0.6 is 0 Å². The van der Waals surface area contributed by atoms with Gasteiger partial charge in [0.15, 0.2) is 0 Å². The van der Waals surface area contributed by atoms with Crippen LogP contribution < -0.4 is 0 Å². The predicted molar refractivity (Wildman–Crippen MR) is 98.1 cm³/mol. The highest BCUT2D eigenvalue weighted by atomic mass is 16.4. The number of carbonyl (C=O) groups is 1. The van der Waals surface area contributed by atoms with Gasteiger partial charge in [-0.3, -0.25) is 4.79 Å². The number of carboxylic acid groups (broad SMARTS) is 1. The lowest BCUT2D eigenvalue weighted by Crippen LogP contribution is -2.62. The maximum absolute atomic E-state index is 12.2. The molecule has 25 heavy (non-hydrogen) atoms. The maximum atomic E-state index is 12.2. The van der Waals surface area contributed by atoms with Crippen molar-refractivity contribution in [3.8, 4) is 0 Å². The van der Waals surface area contributed by atoms with Crippen molar-refractivity contribution in [1.29, 1.82) is 0 Å². The highest BCUT2D eigenvalue weighted by Crippen LogP contribution is 2.75. The number of hydrogen-bond acceptors (Lipinski definition) is 2. The molecule has 3 nitrogen and oxygen atoms in total. The van der Waals surface area contributed by atoms with Gasteiger partial charge in [-0.2, -0.15) is 0 Å². The van der Waals surface area contributed by atoms with Crippen molar-refractivity contribution in [2.75, 3.05) is 0 Å². The summed E-state index contributed by atoms with van der Waals surface area (Å²) >= 11 is 0. The maximum Gasteiger partial charge on any atom is 0.309 e. The van der Waals surface area contributed by atoms with Gasteiger partial charge in [-0.25, -0.2) is 0 Å². The standard InChI is InChI=1S/C22H34O3/c1-5-20-10-6-9-19(4,18(23)24)16(20)7-11-21-13-14(2)22(25,15(21)3)12-8-17(20)21/h15-17,25H,2,5-13H2,1,3-4H3,(H,23,24). The predicted octanol–water partition coefficient (Wildman–Crippen LogP) is 4.79. The fourth-order valence-corrected chi connectivity index (χ4v) is 8.42. The molecule has 0 aromatic carbocycles. The zero-order valence-corrected chi connectivity index (χ0v) is 16.1. The first-order chi connectivity index (χ1) is 11.7. The highest BCUT2D eigenvalue weighted by molar-refractivity contribution is 5.75. The van der Waals surface area contributed by atoms with Gasteiger partial charge in [0.2, 0.25) is 0 Å². The number of carboxylic acids is 1. The van der Waals surface area contributed by atoms with Gasteiger partial charge >= 0.3 is 5.97 Å². The van der Waals surface area contributed by atoms with Gasteiger partial charge in [0, 0.05) is 0 Å². The molecule has 0 aromatic rings. The molecule has 0 saturated heterocycles. The molecule has 7 unspecified atom stereocenters. The van der Waals surface area contributed by atoms with Gasteiger partial charge in [-0.15, -0.1) is 0 Å². The Morgan fingerprint density at radius 1 is 1.20 bits per heavy atom. The fourth-order valence-electron chi connectivity index (χ4n) is 8.42. The molecule has 4 rings (SSSR count). The molecule has 4 fully saturated rings. The van der Waals surface area contributed by atoms with Crippen molar-refractivity contribution >= 4 is 5.97 Å². The first-order valence-electron chi connectivity index (χ1n) is 10.3.